The summed E-state index contributed by atoms with van der Waals surface area (Å²) in [5.74, 6) is 0.597. The summed E-state index contributed by atoms with van der Waals surface area (Å²) in [5, 5.41) is 3.40. The number of rotatable bonds is 11. The number of halogens is 6. The molecule has 10 heteroatoms. The normalized spacial score (nSPS) is 15.6. The summed E-state index contributed by atoms with van der Waals surface area (Å²) in [5.41, 5.74) is 0.359. The number of pyridine rings is 1. The first kappa shape index (κ1) is 28.9. The van der Waals surface area contributed by atoms with Crippen LogP contribution in [0.25, 0.3) is 17.3 Å². The van der Waals surface area contributed by atoms with E-state index in [1.54, 1.807) is 6.07 Å². The third-order valence-electron chi connectivity index (χ3n) is 6.63. The molecular formula is C29H30F6N2OSi. The number of aromatic nitrogens is 1. The molecule has 3 aromatic rings. The van der Waals surface area contributed by atoms with E-state index in [2.05, 4.69) is 10.3 Å². The smallest absolute Gasteiger partial charge is 0.386 e. The van der Waals surface area contributed by atoms with Crippen LogP contribution in [0.1, 0.15) is 40.8 Å². The molecule has 0 radical (unpaired) electrons. The van der Waals surface area contributed by atoms with Gasteiger partial charge in [0, 0.05) is 33.9 Å². The Kier molecular flexibility index (Phi) is 9.17. The summed E-state index contributed by atoms with van der Waals surface area (Å²) in [6.07, 6.45) is -4.93. The fourth-order valence-corrected chi connectivity index (χ4v) is 5.32. The largest absolute Gasteiger partial charge is 0.433 e. The standard InChI is InChI=1S/C29H30F6N2OSi/c1-39-26(16-36-24(18-38-17-20-7-8-20)13-19-5-3-2-4-6-19)22-14-25(37-27(15-22)29(33,34)35)21-9-11-23(12-10-21)28(30,31)32/h2-6,9-15,20,26,36H,7-8,16-18,39H2,1H3/b24-13+. The first-order valence-corrected chi connectivity index (χ1v) is 15.1. The Morgan fingerprint density at radius 2 is 1.69 bits per heavy atom. The Balaban J connectivity index is 1.58. The van der Waals surface area contributed by atoms with Crippen molar-refractivity contribution in [3.8, 4) is 11.3 Å². The van der Waals surface area contributed by atoms with Gasteiger partial charge < -0.3 is 10.1 Å². The lowest BCUT2D eigenvalue weighted by atomic mass is 10.0. The number of hydrogen-bond acceptors (Lipinski definition) is 3. The zero-order valence-electron chi connectivity index (χ0n) is 21.4. The van der Waals surface area contributed by atoms with Crippen LogP contribution < -0.4 is 5.32 Å². The molecule has 39 heavy (non-hydrogen) atoms. The van der Waals surface area contributed by atoms with Crippen molar-refractivity contribution in [3.05, 3.63) is 94.8 Å². The molecule has 0 spiro atoms. The zero-order valence-corrected chi connectivity index (χ0v) is 22.9. The second-order valence-electron chi connectivity index (χ2n) is 9.77. The SMILES string of the molecule is C[SiH2]C(CN/C(=C/c1ccccc1)COCC1CC1)c1cc(-c2ccc(C(F)(F)F)cc2)nc(C(F)(F)F)c1. The second kappa shape index (κ2) is 12.4. The first-order chi connectivity index (χ1) is 18.5. The van der Waals surface area contributed by atoms with Crippen molar-refractivity contribution in [2.75, 3.05) is 19.8 Å². The molecule has 0 amide bonds. The van der Waals surface area contributed by atoms with Gasteiger partial charge in [-0.3, -0.25) is 0 Å². The summed E-state index contributed by atoms with van der Waals surface area (Å²) in [4.78, 5) is 3.75. The van der Waals surface area contributed by atoms with Gasteiger partial charge in [0.2, 0.25) is 0 Å². The van der Waals surface area contributed by atoms with Crippen LogP contribution in [0.5, 0.6) is 0 Å². The Morgan fingerprint density at radius 1 is 1.00 bits per heavy atom. The number of nitrogens with zero attached hydrogens (tertiary/aromatic N) is 1. The molecule has 1 aliphatic carbocycles. The molecule has 1 saturated carbocycles. The Hall–Kier alpha value is -3.11. The van der Waals surface area contributed by atoms with Crippen LogP contribution in [0, 0.1) is 5.92 Å². The minimum atomic E-state index is -4.70. The molecule has 1 heterocycles. The second-order valence-corrected chi connectivity index (χ2v) is 11.6. The molecule has 1 N–H and O–H groups in total. The summed E-state index contributed by atoms with van der Waals surface area (Å²) >= 11 is 0. The van der Waals surface area contributed by atoms with E-state index >= 15 is 0 Å². The number of ether oxygens (including phenoxy) is 1. The van der Waals surface area contributed by atoms with Gasteiger partial charge in [0.05, 0.1) is 17.9 Å². The average Bonchev–Trinajstić information content (AvgIpc) is 3.73. The molecule has 1 unspecified atom stereocenters. The number of alkyl halides is 6. The molecule has 1 aromatic heterocycles. The van der Waals surface area contributed by atoms with E-state index in [1.807, 2.05) is 43.0 Å². The molecule has 3 nitrogen and oxygen atoms in total. The number of nitrogens with one attached hydrogen (secondary N) is 1. The van der Waals surface area contributed by atoms with Crippen molar-refractivity contribution in [3.63, 3.8) is 0 Å². The lowest BCUT2D eigenvalue weighted by Crippen LogP contribution is -2.26. The molecule has 0 bridgehead atoms. The first-order valence-electron chi connectivity index (χ1n) is 12.9. The van der Waals surface area contributed by atoms with E-state index in [-0.39, 0.29) is 16.8 Å². The lowest BCUT2D eigenvalue weighted by molar-refractivity contribution is -0.141. The van der Waals surface area contributed by atoms with Gasteiger partial charge >= 0.3 is 12.4 Å². The van der Waals surface area contributed by atoms with Crippen molar-refractivity contribution in [1.82, 2.24) is 10.3 Å². The monoisotopic (exact) mass is 564 g/mol. The van der Waals surface area contributed by atoms with Crippen LogP contribution in [0.4, 0.5) is 26.3 Å². The fraction of sp³-hybridized carbons (Fsp3) is 0.345. The maximum Gasteiger partial charge on any atom is 0.433 e. The summed E-state index contributed by atoms with van der Waals surface area (Å²) in [7, 11) is -0.861. The van der Waals surface area contributed by atoms with Crippen molar-refractivity contribution < 1.29 is 31.1 Å². The number of benzene rings is 2. The summed E-state index contributed by atoms with van der Waals surface area (Å²) in [6, 6.07) is 16.3. The maximum absolute atomic E-state index is 13.8. The molecule has 1 aliphatic rings. The van der Waals surface area contributed by atoms with Crippen molar-refractivity contribution in [1.29, 1.82) is 0 Å². The van der Waals surface area contributed by atoms with Gasteiger partial charge in [0.1, 0.15) is 5.69 Å². The van der Waals surface area contributed by atoms with Gasteiger partial charge in [-0.1, -0.05) is 49.0 Å². The van der Waals surface area contributed by atoms with Gasteiger partial charge in [-0.2, -0.15) is 26.3 Å². The van der Waals surface area contributed by atoms with E-state index in [9.17, 15) is 26.3 Å². The summed E-state index contributed by atoms with van der Waals surface area (Å²) < 4.78 is 86.2. The van der Waals surface area contributed by atoms with Crippen LogP contribution in [0.2, 0.25) is 6.55 Å². The zero-order chi connectivity index (χ0) is 28.0. The minimum absolute atomic E-state index is 0.00572. The van der Waals surface area contributed by atoms with Gasteiger partial charge in [-0.15, -0.1) is 0 Å². The highest BCUT2D eigenvalue weighted by Gasteiger charge is 2.34. The predicted molar refractivity (Wildman–Crippen MR) is 143 cm³/mol. The molecule has 2 aromatic carbocycles. The third-order valence-corrected chi connectivity index (χ3v) is 8.38. The van der Waals surface area contributed by atoms with Crippen molar-refractivity contribution in [2.24, 2.45) is 5.92 Å². The van der Waals surface area contributed by atoms with Gasteiger partial charge in [0.25, 0.3) is 0 Å². The molecule has 1 atom stereocenters. The molecule has 4 rings (SSSR count). The Labute approximate surface area is 226 Å². The highest BCUT2D eigenvalue weighted by molar-refractivity contribution is 6.36. The number of hydrogen-bond donors (Lipinski definition) is 1. The quantitative estimate of drug-likeness (QED) is 0.199. The lowest BCUT2D eigenvalue weighted by Gasteiger charge is -2.21. The van der Waals surface area contributed by atoms with Crippen LogP contribution in [0.15, 0.2) is 72.4 Å². The maximum atomic E-state index is 13.8. The Bertz CT molecular complexity index is 1260. The highest BCUT2D eigenvalue weighted by Crippen LogP contribution is 2.34. The van der Waals surface area contributed by atoms with E-state index in [0.29, 0.717) is 31.2 Å². The van der Waals surface area contributed by atoms with Crippen molar-refractivity contribution >= 4 is 15.6 Å². The van der Waals surface area contributed by atoms with Crippen LogP contribution in [-0.4, -0.2) is 34.3 Å². The van der Waals surface area contributed by atoms with Gasteiger partial charge in [0.15, 0.2) is 0 Å². The third kappa shape index (κ3) is 8.43. The average molecular weight is 565 g/mol. The summed E-state index contributed by atoms with van der Waals surface area (Å²) in [6.45, 7) is 3.46. The molecule has 1 fully saturated rings. The van der Waals surface area contributed by atoms with Crippen LogP contribution in [0.3, 0.4) is 0 Å². The van der Waals surface area contributed by atoms with Gasteiger partial charge in [-0.25, -0.2) is 4.98 Å². The fourth-order valence-electron chi connectivity index (χ4n) is 4.18. The predicted octanol–water partition coefficient (Wildman–Crippen LogP) is 7.10. The molecular weight excluding hydrogens is 534 g/mol. The molecule has 0 saturated heterocycles. The van der Waals surface area contributed by atoms with Crippen LogP contribution >= 0.6 is 0 Å². The molecule has 208 valence electrons. The van der Waals surface area contributed by atoms with Crippen LogP contribution in [-0.2, 0) is 17.1 Å². The van der Waals surface area contributed by atoms with E-state index in [1.165, 1.54) is 12.8 Å². The topological polar surface area (TPSA) is 34.1 Å². The van der Waals surface area contributed by atoms with Crippen molar-refractivity contribution in [2.45, 2.75) is 37.3 Å². The Morgan fingerprint density at radius 3 is 2.28 bits per heavy atom. The highest BCUT2D eigenvalue weighted by atomic mass is 28.2. The minimum Gasteiger partial charge on any atom is -0.386 e. The van der Waals surface area contributed by atoms with E-state index < -0.39 is 33.1 Å². The van der Waals surface area contributed by atoms with E-state index in [4.69, 9.17) is 4.74 Å². The van der Waals surface area contributed by atoms with E-state index in [0.717, 1.165) is 41.6 Å². The van der Waals surface area contributed by atoms with Gasteiger partial charge in [-0.05, 0) is 65.8 Å². The molecule has 0 aliphatic heterocycles.